The van der Waals surface area contributed by atoms with Gasteiger partial charge in [0.1, 0.15) is 5.69 Å². The second-order valence-corrected chi connectivity index (χ2v) is 4.61. The number of likely N-dealkylation sites (N-methyl/N-ethyl adjacent to an activating group) is 1. The van der Waals surface area contributed by atoms with Crippen molar-refractivity contribution in [1.29, 1.82) is 0 Å². The lowest BCUT2D eigenvalue weighted by atomic mass is 10.2. The summed E-state index contributed by atoms with van der Waals surface area (Å²) in [6.07, 6.45) is 2.44. The van der Waals surface area contributed by atoms with E-state index in [9.17, 15) is 9.59 Å². The standard InChI is InChI=1S/C12H18N4O3/c1-3-19-10-7-16(2)6-9(10)15-12(18)8-4-13-5-11(17)14-8/h4-5,9-10H,3,6-7H2,1-2H3,(H,14,17)(H,15,18)/t9-,10-/m0/s1. The molecule has 0 aliphatic carbocycles. The van der Waals surface area contributed by atoms with Crippen molar-refractivity contribution >= 4 is 5.91 Å². The first kappa shape index (κ1) is 13.7. The Kier molecular flexibility index (Phi) is 4.28. The molecule has 1 amide bonds. The van der Waals surface area contributed by atoms with Gasteiger partial charge in [-0.15, -0.1) is 0 Å². The van der Waals surface area contributed by atoms with Gasteiger partial charge in [-0.1, -0.05) is 0 Å². The van der Waals surface area contributed by atoms with Gasteiger partial charge in [0.15, 0.2) is 0 Å². The molecule has 19 heavy (non-hydrogen) atoms. The first-order valence-corrected chi connectivity index (χ1v) is 6.25. The van der Waals surface area contributed by atoms with E-state index in [4.69, 9.17) is 4.74 Å². The third kappa shape index (κ3) is 3.39. The molecule has 1 aromatic rings. The Morgan fingerprint density at radius 3 is 3.05 bits per heavy atom. The zero-order chi connectivity index (χ0) is 13.8. The summed E-state index contributed by atoms with van der Waals surface area (Å²) >= 11 is 0. The predicted octanol–water partition coefficient (Wildman–Crippen LogP) is -0.781. The lowest BCUT2D eigenvalue weighted by Gasteiger charge is -2.19. The van der Waals surface area contributed by atoms with Gasteiger partial charge >= 0.3 is 0 Å². The summed E-state index contributed by atoms with van der Waals surface area (Å²) in [7, 11) is 1.98. The number of aromatic amines is 1. The molecule has 2 rings (SSSR count). The van der Waals surface area contributed by atoms with E-state index in [0.29, 0.717) is 6.61 Å². The fourth-order valence-corrected chi connectivity index (χ4v) is 2.22. The third-order valence-corrected chi connectivity index (χ3v) is 3.04. The van der Waals surface area contributed by atoms with Crippen LogP contribution in [0.2, 0.25) is 0 Å². The number of hydrogen-bond donors (Lipinski definition) is 2. The number of aromatic nitrogens is 2. The number of nitrogens with one attached hydrogen (secondary N) is 2. The highest BCUT2D eigenvalue weighted by atomic mass is 16.5. The molecular formula is C12H18N4O3. The molecular weight excluding hydrogens is 248 g/mol. The maximum absolute atomic E-state index is 12.0. The Hall–Kier alpha value is -1.73. The molecule has 0 aromatic carbocycles. The topological polar surface area (TPSA) is 87.3 Å². The zero-order valence-electron chi connectivity index (χ0n) is 11.0. The molecule has 7 nitrogen and oxygen atoms in total. The number of rotatable bonds is 4. The molecule has 1 aliphatic rings. The monoisotopic (exact) mass is 266 g/mol. The van der Waals surface area contributed by atoms with Crippen molar-refractivity contribution in [2.24, 2.45) is 0 Å². The largest absolute Gasteiger partial charge is 0.375 e. The normalized spacial score (nSPS) is 23.5. The van der Waals surface area contributed by atoms with Crippen LogP contribution in [0.3, 0.4) is 0 Å². The molecule has 0 bridgehead atoms. The maximum atomic E-state index is 12.0. The van der Waals surface area contributed by atoms with Gasteiger partial charge in [0.25, 0.3) is 11.5 Å². The number of amides is 1. The lowest BCUT2D eigenvalue weighted by Crippen LogP contribution is -2.44. The van der Waals surface area contributed by atoms with E-state index in [0.717, 1.165) is 19.3 Å². The molecule has 0 radical (unpaired) electrons. The van der Waals surface area contributed by atoms with Crippen molar-refractivity contribution in [3.63, 3.8) is 0 Å². The molecule has 104 valence electrons. The Bertz CT molecular complexity index is 502. The zero-order valence-corrected chi connectivity index (χ0v) is 11.0. The minimum atomic E-state index is -0.391. The minimum Gasteiger partial charge on any atom is -0.375 e. The van der Waals surface area contributed by atoms with E-state index in [1.54, 1.807) is 0 Å². The summed E-state index contributed by atoms with van der Waals surface area (Å²) in [6, 6.07) is -0.0823. The summed E-state index contributed by atoms with van der Waals surface area (Å²) in [6.45, 7) is 4.04. The molecule has 1 fully saturated rings. The Morgan fingerprint density at radius 1 is 1.58 bits per heavy atom. The van der Waals surface area contributed by atoms with Gasteiger partial charge in [-0.05, 0) is 14.0 Å². The molecule has 2 heterocycles. The third-order valence-electron chi connectivity index (χ3n) is 3.04. The van der Waals surface area contributed by atoms with Crippen molar-refractivity contribution in [3.05, 3.63) is 28.4 Å². The number of carbonyl (C=O) groups excluding carboxylic acids is 1. The van der Waals surface area contributed by atoms with Crippen molar-refractivity contribution in [2.45, 2.75) is 19.1 Å². The highest BCUT2D eigenvalue weighted by Crippen LogP contribution is 2.12. The molecule has 0 unspecified atom stereocenters. The van der Waals surface area contributed by atoms with Crippen LogP contribution in [0.25, 0.3) is 0 Å². The summed E-state index contributed by atoms with van der Waals surface area (Å²) in [4.78, 5) is 31.4. The number of hydrogen-bond acceptors (Lipinski definition) is 5. The number of ether oxygens (including phenoxy) is 1. The van der Waals surface area contributed by atoms with E-state index < -0.39 is 5.56 Å². The quantitative estimate of drug-likeness (QED) is 0.746. The Labute approximate surface area is 111 Å². The number of nitrogens with zero attached hydrogens (tertiary/aromatic N) is 2. The van der Waals surface area contributed by atoms with Crippen molar-refractivity contribution in [3.8, 4) is 0 Å². The molecule has 7 heteroatoms. The average Bonchev–Trinajstić information content (AvgIpc) is 2.70. The van der Waals surface area contributed by atoms with Crippen molar-refractivity contribution in [2.75, 3.05) is 26.7 Å². The van der Waals surface area contributed by atoms with E-state index in [1.807, 2.05) is 14.0 Å². The summed E-state index contributed by atoms with van der Waals surface area (Å²) in [5, 5.41) is 2.87. The van der Waals surface area contributed by atoms with Gasteiger partial charge in [0.2, 0.25) is 0 Å². The van der Waals surface area contributed by atoms with Gasteiger partial charge in [0.05, 0.1) is 24.5 Å². The van der Waals surface area contributed by atoms with Crippen LogP contribution in [0, 0.1) is 0 Å². The van der Waals surface area contributed by atoms with Crippen molar-refractivity contribution in [1.82, 2.24) is 20.2 Å². The minimum absolute atomic E-state index is 0.0256. The van der Waals surface area contributed by atoms with Crippen LogP contribution in [0.5, 0.6) is 0 Å². The van der Waals surface area contributed by atoms with Crippen LogP contribution >= 0.6 is 0 Å². The van der Waals surface area contributed by atoms with Gasteiger partial charge in [-0.3, -0.25) is 14.6 Å². The van der Waals surface area contributed by atoms with Crippen LogP contribution < -0.4 is 10.9 Å². The first-order chi connectivity index (χ1) is 9.10. The molecule has 1 aliphatic heterocycles. The summed E-state index contributed by atoms with van der Waals surface area (Å²) in [5.41, 5.74) is -0.227. The van der Waals surface area contributed by atoms with Crippen LogP contribution in [-0.2, 0) is 4.74 Å². The van der Waals surface area contributed by atoms with Crippen LogP contribution in [0.1, 0.15) is 17.4 Å². The lowest BCUT2D eigenvalue weighted by molar-refractivity contribution is 0.0512. The highest BCUT2D eigenvalue weighted by Gasteiger charge is 2.32. The highest BCUT2D eigenvalue weighted by molar-refractivity contribution is 5.92. The number of likely N-dealkylation sites (tertiary alicyclic amines) is 1. The molecule has 2 N–H and O–H groups in total. The predicted molar refractivity (Wildman–Crippen MR) is 69.0 cm³/mol. The van der Waals surface area contributed by atoms with Gasteiger partial charge < -0.3 is 19.9 Å². The molecule has 0 saturated carbocycles. The van der Waals surface area contributed by atoms with Crippen LogP contribution in [-0.4, -0.2) is 59.7 Å². The molecule has 2 atom stereocenters. The first-order valence-electron chi connectivity index (χ1n) is 6.25. The Morgan fingerprint density at radius 2 is 2.37 bits per heavy atom. The van der Waals surface area contributed by atoms with E-state index >= 15 is 0 Å². The summed E-state index contributed by atoms with van der Waals surface area (Å²) in [5.74, 6) is -0.338. The van der Waals surface area contributed by atoms with Gasteiger partial charge in [0, 0.05) is 19.7 Å². The van der Waals surface area contributed by atoms with Crippen molar-refractivity contribution < 1.29 is 9.53 Å². The second-order valence-electron chi connectivity index (χ2n) is 4.61. The Balaban J connectivity index is 2.03. The van der Waals surface area contributed by atoms with E-state index in [-0.39, 0.29) is 23.7 Å². The maximum Gasteiger partial charge on any atom is 0.269 e. The van der Waals surface area contributed by atoms with Gasteiger partial charge in [-0.25, -0.2) is 0 Å². The fraction of sp³-hybridized carbons (Fsp3) is 0.583. The molecule has 1 aromatic heterocycles. The average molecular weight is 266 g/mol. The molecule has 1 saturated heterocycles. The molecule has 0 spiro atoms. The second kappa shape index (κ2) is 5.94. The SMILES string of the molecule is CCO[C@H]1CN(C)C[C@@H]1NC(=O)c1cncc(=O)[nH]1. The number of carbonyl (C=O) groups is 1. The van der Waals surface area contributed by atoms with E-state index in [2.05, 4.69) is 20.2 Å². The van der Waals surface area contributed by atoms with E-state index in [1.165, 1.54) is 6.20 Å². The van der Waals surface area contributed by atoms with Crippen LogP contribution in [0.15, 0.2) is 17.2 Å². The summed E-state index contributed by atoms with van der Waals surface area (Å²) < 4.78 is 5.60. The van der Waals surface area contributed by atoms with Gasteiger partial charge in [-0.2, -0.15) is 0 Å². The number of H-pyrrole nitrogens is 1. The smallest absolute Gasteiger partial charge is 0.269 e. The fourth-order valence-electron chi connectivity index (χ4n) is 2.22. The van der Waals surface area contributed by atoms with Crippen LogP contribution in [0.4, 0.5) is 0 Å².